The van der Waals surface area contributed by atoms with E-state index in [2.05, 4.69) is 9.82 Å². The maximum Gasteiger partial charge on any atom is 0.246 e. The van der Waals surface area contributed by atoms with Crippen LogP contribution in [0.25, 0.3) is 0 Å². The molecule has 1 N–H and O–H groups in total. The number of nitrogens with one attached hydrogen (secondary N) is 1. The summed E-state index contributed by atoms with van der Waals surface area (Å²) in [6.07, 6.45) is 0. The summed E-state index contributed by atoms with van der Waals surface area (Å²) in [6, 6.07) is 7.34. The first kappa shape index (κ1) is 16.0. The average molecular weight is 328 g/mol. The summed E-state index contributed by atoms with van der Waals surface area (Å²) in [5, 5.41) is 4.14. The first-order chi connectivity index (χ1) is 9.72. The molecule has 1 aromatic carbocycles. The van der Waals surface area contributed by atoms with Crippen LogP contribution < -0.4 is 4.72 Å². The molecular weight excluding hydrogens is 310 g/mol. The number of aromatic nitrogens is 2. The molecule has 1 heterocycles. The monoisotopic (exact) mass is 327 g/mol. The van der Waals surface area contributed by atoms with Crippen molar-refractivity contribution in [3.05, 3.63) is 46.2 Å². The van der Waals surface area contributed by atoms with Gasteiger partial charge in [0.2, 0.25) is 10.0 Å². The van der Waals surface area contributed by atoms with E-state index in [4.69, 9.17) is 11.6 Å². The summed E-state index contributed by atoms with van der Waals surface area (Å²) in [4.78, 5) is 0.0330. The van der Waals surface area contributed by atoms with Gasteiger partial charge in [0, 0.05) is 13.1 Å². The zero-order chi connectivity index (χ0) is 15.8. The molecule has 0 saturated carbocycles. The molecule has 7 heteroatoms. The molecule has 1 atom stereocenters. The molecule has 21 heavy (non-hydrogen) atoms. The van der Waals surface area contributed by atoms with Gasteiger partial charge in [-0.15, -0.1) is 0 Å². The Morgan fingerprint density at radius 1 is 1.24 bits per heavy atom. The number of benzene rings is 1. The molecule has 0 aliphatic heterocycles. The minimum atomic E-state index is -3.72. The van der Waals surface area contributed by atoms with Crippen LogP contribution in [0.4, 0.5) is 0 Å². The lowest BCUT2D eigenvalue weighted by atomic mass is 10.1. The first-order valence-corrected chi connectivity index (χ1v) is 8.36. The largest absolute Gasteiger partial charge is 0.255 e. The minimum absolute atomic E-state index is 0.0330. The predicted octanol–water partition coefficient (Wildman–Crippen LogP) is 2.73. The van der Waals surface area contributed by atoms with Gasteiger partial charge < -0.3 is 0 Å². The lowest BCUT2D eigenvalue weighted by Crippen LogP contribution is -2.27. The lowest BCUT2D eigenvalue weighted by molar-refractivity contribution is 0.566. The fraction of sp³-hybridized carbons (Fsp3) is 0.357. The fourth-order valence-corrected chi connectivity index (χ4v) is 4.11. The third-order valence-electron chi connectivity index (χ3n) is 3.28. The normalized spacial score (nSPS) is 13.4. The molecule has 1 aromatic heterocycles. The van der Waals surface area contributed by atoms with E-state index in [1.807, 2.05) is 31.2 Å². The highest BCUT2D eigenvalue weighted by Gasteiger charge is 2.26. The number of rotatable bonds is 4. The molecule has 0 radical (unpaired) electrons. The van der Waals surface area contributed by atoms with E-state index < -0.39 is 10.0 Å². The Morgan fingerprint density at radius 3 is 2.29 bits per heavy atom. The van der Waals surface area contributed by atoms with E-state index in [1.54, 1.807) is 20.9 Å². The smallest absolute Gasteiger partial charge is 0.246 e. The van der Waals surface area contributed by atoms with Gasteiger partial charge in [-0.25, -0.2) is 13.1 Å². The lowest BCUT2D eigenvalue weighted by Gasteiger charge is -2.14. The zero-order valence-corrected chi connectivity index (χ0v) is 14.0. The molecule has 0 fully saturated rings. The highest BCUT2D eigenvalue weighted by atomic mass is 35.5. The van der Waals surface area contributed by atoms with Crippen molar-refractivity contribution >= 4 is 21.6 Å². The minimum Gasteiger partial charge on any atom is -0.255 e. The fourth-order valence-electron chi connectivity index (χ4n) is 2.13. The number of sulfonamides is 1. The van der Waals surface area contributed by atoms with Gasteiger partial charge in [-0.3, -0.25) is 4.68 Å². The summed E-state index contributed by atoms with van der Waals surface area (Å²) in [6.45, 7) is 5.40. The Bertz CT molecular complexity index is 751. The number of aryl methyl sites for hydroxylation is 3. The molecule has 2 rings (SSSR count). The Morgan fingerprint density at radius 2 is 1.81 bits per heavy atom. The van der Waals surface area contributed by atoms with E-state index in [-0.39, 0.29) is 16.1 Å². The summed E-state index contributed by atoms with van der Waals surface area (Å²) >= 11 is 6.03. The SMILES string of the molecule is Cc1ccc(C(C)NS(=O)(=O)c2c(C)nn(C)c2Cl)cc1. The van der Waals surface area contributed by atoms with Crippen LogP contribution in [-0.2, 0) is 17.1 Å². The van der Waals surface area contributed by atoms with Gasteiger partial charge in [-0.2, -0.15) is 5.10 Å². The highest BCUT2D eigenvalue weighted by molar-refractivity contribution is 7.89. The van der Waals surface area contributed by atoms with Gasteiger partial charge in [0.1, 0.15) is 10.0 Å². The first-order valence-electron chi connectivity index (χ1n) is 6.50. The van der Waals surface area contributed by atoms with Crippen LogP contribution in [-0.4, -0.2) is 18.2 Å². The van der Waals surface area contributed by atoms with Crippen molar-refractivity contribution < 1.29 is 8.42 Å². The molecular formula is C14H18ClN3O2S. The molecule has 0 spiro atoms. The van der Waals surface area contributed by atoms with Crippen LogP contribution in [0.15, 0.2) is 29.2 Å². The van der Waals surface area contributed by atoms with Gasteiger partial charge >= 0.3 is 0 Å². The Balaban J connectivity index is 2.31. The van der Waals surface area contributed by atoms with Crippen molar-refractivity contribution in [1.82, 2.24) is 14.5 Å². The van der Waals surface area contributed by atoms with Crippen molar-refractivity contribution in [1.29, 1.82) is 0 Å². The number of nitrogens with zero attached hydrogens (tertiary/aromatic N) is 2. The molecule has 5 nitrogen and oxygen atoms in total. The van der Waals surface area contributed by atoms with Gasteiger partial charge in [-0.05, 0) is 26.3 Å². The van der Waals surface area contributed by atoms with Crippen LogP contribution in [0.5, 0.6) is 0 Å². The second-order valence-electron chi connectivity index (χ2n) is 5.08. The molecule has 114 valence electrons. The maximum atomic E-state index is 12.5. The predicted molar refractivity (Wildman–Crippen MR) is 82.9 cm³/mol. The second kappa shape index (κ2) is 5.79. The third-order valence-corrected chi connectivity index (χ3v) is 5.51. The summed E-state index contributed by atoms with van der Waals surface area (Å²) < 4.78 is 29.0. The molecule has 0 amide bonds. The zero-order valence-electron chi connectivity index (χ0n) is 12.4. The van der Waals surface area contributed by atoms with E-state index in [0.29, 0.717) is 5.69 Å². The van der Waals surface area contributed by atoms with E-state index in [1.165, 1.54) is 4.68 Å². The standard InChI is InChI=1S/C14H18ClN3O2S/c1-9-5-7-12(8-6-9)10(2)17-21(19,20)13-11(3)16-18(4)14(13)15/h5-8,10,17H,1-4H3. The Kier molecular flexibility index (Phi) is 4.41. The van der Waals surface area contributed by atoms with E-state index in [0.717, 1.165) is 11.1 Å². The quantitative estimate of drug-likeness (QED) is 0.939. The Labute approximate surface area is 130 Å². The molecule has 0 bridgehead atoms. The van der Waals surface area contributed by atoms with Crippen molar-refractivity contribution in [3.8, 4) is 0 Å². The van der Waals surface area contributed by atoms with Crippen LogP contribution in [0.2, 0.25) is 5.15 Å². The van der Waals surface area contributed by atoms with Crippen molar-refractivity contribution in [3.63, 3.8) is 0 Å². The van der Waals surface area contributed by atoms with Crippen molar-refractivity contribution in [2.24, 2.45) is 7.05 Å². The van der Waals surface area contributed by atoms with Gasteiger partial charge in [-0.1, -0.05) is 41.4 Å². The third kappa shape index (κ3) is 3.28. The summed E-state index contributed by atoms with van der Waals surface area (Å²) in [5.41, 5.74) is 2.40. The van der Waals surface area contributed by atoms with E-state index in [9.17, 15) is 8.42 Å². The van der Waals surface area contributed by atoms with Crippen molar-refractivity contribution in [2.45, 2.75) is 31.7 Å². The summed E-state index contributed by atoms with van der Waals surface area (Å²) in [5.74, 6) is 0. The van der Waals surface area contributed by atoms with Crippen molar-refractivity contribution in [2.75, 3.05) is 0 Å². The average Bonchev–Trinajstić information content (AvgIpc) is 2.63. The summed E-state index contributed by atoms with van der Waals surface area (Å²) in [7, 11) is -2.11. The van der Waals surface area contributed by atoms with Crippen LogP contribution in [0.1, 0.15) is 29.8 Å². The van der Waals surface area contributed by atoms with Gasteiger partial charge in [0.25, 0.3) is 0 Å². The van der Waals surface area contributed by atoms with Gasteiger partial charge in [0.15, 0.2) is 0 Å². The van der Waals surface area contributed by atoms with Gasteiger partial charge in [0.05, 0.1) is 5.69 Å². The van der Waals surface area contributed by atoms with Crippen LogP contribution >= 0.6 is 11.6 Å². The van der Waals surface area contributed by atoms with Crippen LogP contribution in [0, 0.1) is 13.8 Å². The number of hydrogen-bond acceptors (Lipinski definition) is 3. The molecule has 0 aliphatic rings. The molecule has 0 saturated heterocycles. The van der Waals surface area contributed by atoms with E-state index >= 15 is 0 Å². The highest BCUT2D eigenvalue weighted by Crippen LogP contribution is 2.25. The number of hydrogen-bond donors (Lipinski definition) is 1. The topological polar surface area (TPSA) is 64.0 Å². The number of halogens is 1. The van der Waals surface area contributed by atoms with Crippen LogP contribution in [0.3, 0.4) is 0 Å². The Hall–Kier alpha value is -1.37. The molecule has 0 aliphatic carbocycles. The maximum absolute atomic E-state index is 12.5. The second-order valence-corrected chi connectivity index (χ2v) is 7.09. The molecule has 1 unspecified atom stereocenters. The molecule has 2 aromatic rings.